The Kier molecular flexibility index (Phi) is 4.86. The van der Waals surface area contributed by atoms with E-state index >= 15 is 0 Å². The van der Waals surface area contributed by atoms with Crippen molar-refractivity contribution < 1.29 is 39.5 Å². The molecular weight excluding hydrogens is 235 g/mol. The molecule has 0 aliphatic heterocycles. The Morgan fingerprint density at radius 3 is 2.88 bits per heavy atom. The van der Waals surface area contributed by atoms with Crippen LogP contribution in [0, 0.1) is 0 Å². The van der Waals surface area contributed by atoms with E-state index in [1.165, 1.54) is 11.2 Å². The zero-order valence-electron chi connectivity index (χ0n) is 9.19. The van der Waals surface area contributed by atoms with Gasteiger partial charge in [0.05, 0.1) is 5.69 Å². The van der Waals surface area contributed by atoms with Gasteiger partial charge in [0, 0.05) is 22.7 Å². The van der Waals surface area contributed by atoms with Crippen LogP contribution in [-0.2, 0) is 17.6 Å². The number of hydrogen-bond donors (Lipinski definition) is 0. The maximum Gasteiger partial charge on any atom is 1.00 e. The number of aliphatic carboxylic acids is 1. The average molecular weight is 244 g/mol. The van der Waals surface area contributed by atoms with Crippen LogP contribution < -0.4 is 34.7 Å². The summed E-state index contributed by atoms with van der Waals surface area (Å²) in [5, 5.41) is 11.4. The summed E-state index contributed by atoms with van der Waals surface area (Å²) in [5.74, 6) is -1.11. The van der Waals surface area contributed by atoms with E-state index in [9.17, 15) is 9.90 Å². The van der Waals surface area contributed by atoms with Gasteiger partial charge in [-0.1, -0.05) is 6.92 Å². The molecule has 6 heteroatoms. The van der Waals surface area contributed by atoms with Gasteiger partial charge in [-0.2, -0.15) is 0 Å². The first-order chi connectivity index (χ1) is 7.20. The zero-order chi connectivity index (χ0) is 10.8. The van der Waals surface area contributed by atoms with Gasteiger partial charge < -0.3 is 9.90 Å². The molecule has 0 bridgehead atoms. The fraction of sp³-hybridized carbons (Fsp3) is 0.300. The Labute approximate surface area is 119 Å². The van der Waals surface area contributed by atoms with Crippen molar-refractivity contribution in [3.05, 3.63) is 23.0 Å². The molecule has 0 radical (unpaired) electrons. The van der Waals surface area contributed by atoms with Crippen LogP contribution in [0.1, 0.15) is 17.5 Å². The second-order valence-electron chi connectivity index (χ2n) is 3.15. The maximum absolute atomic E-state index is 10.5. The molecule has 0 N–H and O–H groups in total. The van der Waals surface area contributed by atoms with Crippen molar-refractivity contribution in [1.29, 1.82) is 0 Å². The molecule has 0 atom stereocenters. The van der Waals surface area contributed by atoms with E-state index in [4.69, 9.17) is 0 Å². The van der Waals surface area contributed by atoms with E-state index in [1.54, 1.807) is 11.3 Å². The first-order valence-electron chi connectivity index (χ1n) is 4.63. The second kappa shape index (κ2) is 5.72. The first-order valence-corrected chi connectivity index (χ1v) is 5.44. The number of carbonyl (C=O) groups is 1. The van der Waals surface area contributed by atoms with Crippen molar-refractivity contribution in [2.45, 2.75) is 19.8 Å². The third kappa shape index (κ3) is 2.79. The van der Waals surface area contributed by atoms with E-state index < -0.39 is 5.97 Å². The number of aryl methyl sites for hydroxylation is 1. The van der Waals surface area contributed by atoms with Crippen LogP contribution in [0.3, 0.4) is 0 Å². The number of rotatable bonds is 3. The largest absolute Gasteiger partial charge is 1.00 e. The fourth-order valence-corrected chi connectivity index (χ4v) is 2.36. The minimum absolute atomic E-state index is 0. The average Bonchev–Trinajstić information content (AvgIpc) is 2.61. The maximum atomic E-state index is 10.5. The molecule has 2 rings (SSSR count). The first kappa shape index (κ1) is 13.6. The van der Waals surface area contributed by atoms with Crippen LogP contribution in [-0.4, -0.2) is 15.9 Å². The molecule has 0 spiro atoms. The van der Waals surface area contributed by atoms with Gasteiger partial charge >= 0.3 is 29.6 Å². The Balaban J connectivity index is 0.00000128. The fourth-order valence-electron chi connectivity index (χ4n) is 1.41. The predicted octanol–water partition coefficient (Wildman–Crippen LogP) is -2.45. The molecule has 2 aromatic heterocycles. The molecule has 0 saturated carbocycles. The number of carboxylic acid groups (broad SMARTS) is 1. The van der Waals surface area contributed by atoms with Gasteiger partial charge in [0.15, 0.2) is 0 Å². The Morgan fingerprint density at radius 2 is 2.25 bits per heavy atom. The van der Waals surface area contributed by atoms with Crippen LogP contribution in [0.15, 0.2) is 12.4 Å². The summed E-state index contributed by atoms with van der Waals surface area (Å²) in [6, 6.07) is 1.96. The molecule has 78 valence electrons. The van der Waals surface area contributed by atoms with Gasteiger partial charge in [-0.25, -0.2) is 9.97 Å². The van der Waals surface area contributed by atoms with Gasteiger partial charge in [-0.15, -0.1) is 11.3 Å². The zero-order valence-corrected chi connectivity index (χ0v) is 12.0. The summed E-state index contributed by atoms with van der Waals surface area (Å²) in [7, 11) is 0. The third-order valence-corrected chi connectivity index (χ3v) is 3.31. The van der Waals surface area contributed by atoms with E-state index in [2.05, 4.69) is 16.9 Å². The number of thiophene rings is 1. The van der Waals surface area contributed by atoms with E-state index in [-0.39, 0.29) is 36.0 Å². The molecule has 0 amide bonds. The summed E-state index contributed by atoms with van der Waals surface area (Å²) >= 11 is 1.57. The Hall–Kier alpha value is -0.490. The summed E-state index contributed by atoms with van der Waals surface area (Å²) < 4.78 is 0. The van der Waals surface area contributed by atoms with E-state index in [0.29, 0.717) is 5.69 Å². The molecule has 2 heterocycles. The smallest absolute Gasteiger partial charge is 0.550 e. The normalized spacial score (nSPS) is 10.1. The van der Waals surface area contributed by atoms with Crippen LogP contribution in [0.25, 0.3) is 10.2 Å². The van der Waals surface area contributed by atoms with Gasteiger partial charge in [0.2, 0.25) is 0 Å². The van der Waals surface area contributed by atoms with Crippen LogP contribution in [0.4, 0.5) is 0 Å². The van der Waals surface area contributed by atoms with E-state index in [1.807, 2.05) is 6.07 Å². The molecule has 16 heavy (non-hydrogen) atoms. The van der Waals surface area contributed by atoms with E-state index in [0.717, 1.165) is 16.6 Å². The Morgan fingerprint density at radius 1 is 1.50 bits per heavy atom. The second-order valence-corrected chi connectivity index (χ2v) is 4.27. The number of carbonyl (C=O) groups excluding carboxylic acids is 1. The summed E-state index contributed by atoms with van der Waals surface area (Å²) in [4.78, 5) is 20.6. The predicted molar refractivity (Wildman–Crippen MR) is 55.5 cm³/mol. The number of hydrogen-bond acceptors (Lipinski definition) is 5. The van der Waals surface area contributed by atoms with Gasteiger partial charge in [-0.3, -0.25) is 0 Å². The van der Waals surface area contributed by atoms with Crippen LogP contribution >= 0.6 is 11.3 Å². The molecule has 0 unspecified atom stereocenters. The molecule has 0 fully saturated rings. The van der Waals surface area contributed by atoms with Crippen molar-refractivity contribution in [3.63, 3.8) is 0 Å². The van der Waals surface area contributed by atoms with Crippen molar-refractivity contribution in [2.24, 2.45) is 0 Å². The van der Waals surface area contributed by atoms with Gasteiger partial charge in [0.25, 0.3) is 0 Å². The minimum atomic E-state index is -1.11. The van der Waals surface area contributed by atoms with Crippen molar-refractivity contribution in [1.82, 2.24) is 9.97 Å². The van der Waals surface area contributed by atoms with Crippen molar-refractivity contribution in [2.75, 3.05) is 0 Å². The van der Waals surface area contributed by atoms with Crippen LogP contribution in [0.5, 0.6) is 0 Å². The number of aromatic nitrogens is 2. The molecule has 0 aromatic carbocycles. The third-order valence-electron chi connectivity index (χ3n) is 2.12. The number of nitrogens with zero attached hydrogens (tertiary/aromatic N) is 2. The van der Waals surface area contributed by atoms with Crippen molar-refractivity contribution in [3.8, 4) is 0 Å². The minimum Gasteiger partial charge on any atom is -0.550 e. The molecule has 2 aromatic rings. The summed E-state index contributed by atoms with van der Waals surface area (Å²) in [5.41, 5.74) is 0.538. The molecule has 4 nitrogen and oxygen atoms in total. The number of fused-ring (bicyclic) bond motifs is 1. The molecule has 0 saturated heterocycles. The molecule has 0 aliphatic carbocycles. The number of carboxylic acids is 1. The molecule has 0 aliphatic rings. The summed E-state index contributed by atoms with van der Waals surface area (Å²) in [6.45, 7) is 2.05. The Bertz CT molecular complexity index is 512. The van der Waals surface area contributed by atoms with Gasteiger partial charge in [0.1, 0.15) is 11.2 Å². The topological polar surface area (TPSA) is 65.9 Å². The monoisotopic (exact) mass is 244 g/mol. The quantitative estimate of drug-likeness (QED) is 0.562. The van der Waals surface area contributed by atoms with Gasteiger partial charge in [-0.05, 0) is 12.5 Å². The molecular formula is C10H9N2NaO2S. The van der Waals surface area contributed by atoms with Crippen molar-refractivity contribution >= 4 is 27.5 Å². The van der Waals surface area contributed by atoms with Crippen LogP contribution in [0.2, 0.25) is 0 Å². The summed E-state index contributed by atoms with van der Waals surface area (Å²) in [6.07, 6.45) is 2.17. The SMILES string of the molecule is CCc1cc2c(CC(=O)[O-])ncnc2s1.[Na+]. The standard InChI is InChI=1S/C10H10N2O2S.Na/c1-2-6-3-7-8(4-9(13)14)11-5-12-10(7)15-6;/h3,5H,2,4H2,1H3,(H,13,14);/q;+1/p-1.